The number of aryl methyl sites for hydroxylation is 1. The fraction of sp³-hybridized carbons (Fsp3) is 0.106. The van der Waals surface area contributed by atoms with E-state index in [0.717, 1.165) is 73.2 Å². The third-order valence-corrected chi connectivity index (χ3v) is 9.45. The number of aromatic nitrogens is 2. The van der Waals surface area contributed by atoms with Crippen molar-refractivity contribution in [2.45, 2.75) is 33.1 Å². The van der Waals surface area contributed by atoms with Gasteiger partial charge in [0.2, 0.25) is 5.89 Å². The second kappa shape index (κ2) is 13.3. The molecular formula is C47H36N2O. The molecule has 3 nitrogen and oxygen atoms in total. The van der Waals surface area contributed by atoms with Crippen molar-refractivity contribution in [2.75, 3.05) is 0 Å². The minimum atomic E-state index is 0.488. The van der Waals surface area contributed by atoms with Crippen LogP contribution in [0.3, 0.4) is 0 Å². The summed E-state index contributed by atoms with van der Waals surface area (Å²) >= 11 is 0. The quantitative estimate of drug-likeness (QED) is 0.165. The minimum absolute atomic E-state index is 0.488. The summed E-state index contributed by atoms with van der Waals surface area (Å²) in [5, 5.41) is 0. The first-order chi connectivity index (χ1) is 24.5. The van der Waals surface area contributed by atoms with Gasteiger partial charge in [-0.15, -0.1) is 0 Å². The Morgan fingerprint density at radius 1 is 0.620 bits per heavy atom. The lowest BCUT2D eigenvalue weighted by Gasteiger charge is -2.10. The summed E-state index contributed by atoms with van der Waals surface area (Å²) in [6.45, 7) is 6.63. The number of rotatable bonds is 8. The van der Waals surface area contributed by atoms with Crippen molar-refractivity contribution in [1.29, 1.82) is 0 Å². The summed E-state index contributed by atoms with van der Waals surface area (Å²) in [6, 6.07) is 53.8. The van der Waals surface area contributed by atoms with Crippen LogP contribution < -0.4 is 0 Å². The first-order valence-corrected chi connectivity index (χ1v) is 17.2. The zero-order chi connectivity index (χ0) is 34.0. The van der Waals surface area contributed by atoms with Crippen molar-refractivity contribution < 1.29 is 4.42 Å². The zero-order valence-electron chi connectivity index (χ0n) is 28.4. The molecule has 0 radical (unpaired) electrons. The van der Waals surface area contributed by atoms with Crippen LogP contribution in [0.5, 0.6) is 0 Å². The lowest BCUT2D eigenvalue weighted by Crippen LogP contribution is -1.88. The number of hydrogen-bond donors (Lipinski definition) is 0. The summed E-state index contributed by atoms with van der Waals surface area (Å²) in [5.41, 5.74) is 15.9. The van der Waals surface area contributed by atoms with Gasteiger partial charge in [-0.2, -0.15) is 0 Å². The van der Waals surface area contributed by atoms with E-state index in [1.807, 2.05) is 18.3 Å². The minimum Gasteiger partial charge on any atom is -0.436 e. The first-order valence-electron chi connectivity index (χ1n) is 17.2. The van der Waals surface area contributed by atoms with Gasteiger partial charge in [-0.05, 0) is 117 Å². The second-order valence-corrected chi connectivity index (χ2v) is 13.0. The zero-order valence-corrected chi connectivity index (χ0v) is 28.4. The molecule has 0 unspecified atom stereocenters. The number of fused-ring (bicyclic) bond motifs is 1. The molecule has 240 valence electrons. The molecule has 0 amide bonds. The molecule has 3 heteroatoms. The summed E-state index contributed by atoms with van der Waals surface area (Å²) < 4.78 is 6.57. The maximum atomic E-state index is 6.57. The maximum Gasteiger partial charge on any atom is 0.227 e. The van der Waals surface area contributed by atoms with Gasteiger partial charge in [0.05, 0.1) is 0 Å². The summed E-state index contributed by atoms with van der Waals surface area (Å²) in [5.74, 6) is 1.07. The molecule has 8 aromatic rings. The molecule has 0 aliphatic rings. The topological polar surface area (TPSA) is 38.9 Å². The Hall–Kier alpha value is -6.24. The highest BCUT2D eigenvalue weighted by Gasteiger charge is 2.17. The van der Waals surface area contributed by atoms with Gasteiger partial charge in [-0.1, -0.05) is 118 Å². The predicted molar refractivity (Wildman–Crippen MR) is 206 cm³/mol. The first kappa shape index (κ1) is 31.1. The molecule has 0 aliphatic heterocycles. The Bertz CT molecular complexity index is 2400. The number of nitrogens with zero attached hydrogens (tertiary/aromatic N) is 2. The van der Waals surface area contributed by atoms with E-state index in [0.29, 0.717) is 11.8 Å². The summed E-state index contributed by atoms with van der Waals surface area (Å²) in [4.78, 5) is 9.39. The standard InChI is InChI=1S/C47H36N2O/c1-4-32-13-15-34(16-14-32)38-8-5-10-40(26-38)43-28-44(41-11-6-9-39(27-41)35-19-17-33(18-20-35)31(2)3)46-45(29-43)50-47(49-46)37-23-21-36(22-24-37)42-12-7-25-48-30-42/h6-9,11-31H,4H2,1-3H3. The number of pyridine rings is 1. The monoisotopic (exact) mass is 644 g/mol. The van der Waals surface area contributed by atoms with Gasteiger partial charge in [-0.3, -0.25) is 4.98 Å². The molecule has 2 heterocycles. The molecule has 0 N–H and O–H groups in total. The Kier molecular flexibility index (Phi) is 8.29. The summed E-state index contributed by atoms with van der Waals surface area (Å²) in [6.07, 6.45) is 4.68. The molecule has 0 bridgehead atoms. The van der Waals surface area contributed by atoms with Crippen LogP contribution in [0.4, 0.5) is 0 Å². The Balaban J connectivity index is 1.24. The van der Waals surface area contributed by atoms with Crippen molar-refractivity contribution in [3.63, 3.8) is 0 Å². The molecule has 8 rings (SSSR count). The van der Waals surface area contributed by atoms with Crippen molar-refractivity contribution in [2.24, 2.45) is 0 Å². The molecular weight excluding hydrogens is 609 g/mol. The highest BCUT2D eigenvalue weighted by molar-refractivity contribution is 5.97. The Labute approximate surface area is 294 Å². The molecule has 0 atom stereocenters. The van der Waals surface area contributed by atoms with Crippen LogP contribution in [-0.2, 0) is 6.42 Å². The third kappa shape index (κ3) is 6.20. The van der Waals surface area contributed by atoms with Crippen molar-refractivity contribution in [3.05, 3.63) is 169 Å². The van der Waals surface area contributed by atoms with E-state index < -0.39 is 0 Å². The lowest BCUT2D eigenvalue weighted by molar-refractivity contribution is 0.620. The van der Waals surface area contributed by atoms with Gasteiger partial charge in [0, 0.05) is 29.1 Å². The maximum absolute atomic E-state index is 6.57. The molecule has 0 fully saturated rings. The van der Waals surface area contributed by atoms with Crippen LogP contribution in [-0.4, -0.2) is 9.97 Å². The number of hydrogen-bond acceptors (Lipinski definition) is 3. The Morgan fingerprint density at radius 3 is 2.04 bits per heavy atom. The van der Waals surface area contributed by atoms with E-state index in [1.54, 1.807) is 6.20 Å². The van der Waals surface area contributed by atoms with Crippen LogP contribution in [0.25, 0.3) is 78.2 Å². The molecule has 0 saturated carbocycles. The van der Waals surface area contributed by atoms with E-state index in [1.165, 1.54) is 16.7 Å². The molecule has 2 aromatic heterocycles. The van der Waals surface area contributed by atoms with Gasteiger partial charge < -0.3 is 4.42 Å². The highest BCUT2D eigenvalue weighted by atomic mass is 16.3. The molecule has 0 aliphatic carbocycles. The van der Waals surface area contributed by atoms with Gasteiger partial charge in [0.25, 0.3) is 0 Å². The van der Waals surface area contributed by atoms with E-state index >= 15 is 0 Å². The lowest BCUT2D eigenvalue weighted by atomic mass is 9.93. The summed E-state index contributed by atoms with van der Waals surface area (Å²) in [7, 11) is 0. The van der Waals surface area contributed by atoms with Crippen LogP contribution in [0.2, 0.25) is 0 Å². The predicted octanol–water partition coefficient (Wildman–Crippen LogP) is 12.5. The van der Waals surface area contributed by atoms with E-state index in [4.69, 9.17) is 9.40 Å². The largest absolute Gasteiger partial charge is 0.436 e. The van der Waals surface area contributed by atoms with Crippen LogP contribution in [0, 0.1) is 12.1 Å². The fourth-order valence-corrected chi connectivity index (χ4v) is 6.47. The van der Waals surface area contributed by atoms with E-state index in [2.05, 4.69) is 159 Å². The van der Waals surface area contributed by atoms with Gasteiger partial charge in [-0.25, -0.2) is 4.98 Å². The molecule has 50 heavy (non-hydrogen) atoms. The smallest absolute Gasteiger partial charge is 0.227 e. The SMILES string of the molecule is CCc1ccc(-c2cc#cc(-c3cc(-c4cccc(-c5ccc(C(C)C)cc5)c4)c4nc(-c5ccc(-c6cccnc6)cc5)oc4c3)c2)cc1. The van der Waals surface area contributed by atoms with Gasteiger partial charge in [0.1, 0.15) is 5.52 Å². The average Bonchev–Trinajstić information content (AvgIpc) is 3.63. The fourth-order valence-electron chi connectivity index (χ4n) is 6.47. The number of oxazole rings is 1. The van der Waals surface area contributed by atoms with Crippen molar-refractivity contribution in [1.82, 2.24) is 9.97 Å². The van der Waals surface area contributed by atoms with E-state index in [-0.39, 0.29) is 0 Å². The number of benzene rings is 5. The second-order valence-electron chi connectivity index (χ2n) is 13.0. The Morgan fingerprint density at radius 2 is 1.30 bits per heavy atom. The van der Waals surface area contributed by atoms with Gasteiger partial charge >= 0.3 is 0 Å². The normalized spacial score (nSPS) is 11.2. The van der Waals surface area contributed by atoms with Crippen molar-refractivity contribution in [3.8, 4) is 67.1 Å². The van der Waals surface area contributed by atoms with Crippen LogP contribution in [0.1, 0.15) is 37.8 Å². The molecule has 6 aromatic carbocycles. The van der Waals surface area contributed by atoms with E-state index in [9.17, 15) is 0 Å². The van der Waals surface area contributed by atoms with Crippen LogP contribution in [0.15, 0.2) is 150 Å². The van der Waals surface area contributed by atoms with Gasteiger partial charge in [0.15, 0.2) is 5.58 Å². The third-order valence-electron chi connectivity index (χ3n) is 9.45. The molecule has 0 spiro atoms. The average molecular weight is 645 g/mol. The van der Waals surface area contributed by atoms with Crippen LogP contribution >= 0.6 is 0 Å². The molecule has 0 saturated heterocycles. The van der Waals surface area contributed by atoms with Crippen molar-refractivity contribution >= 4 is 11.1 Å². The highest BCUT2D eigenvalue weighted by Crippen LogP contribution is 2.38.